The van der Waals surface area contributed by atoms with E-state index in [1.54, 1.807) is 50.2 Å². The number of fused-ring (bicyclic) bond motifs is 1. The highest BCUT2D eigenvalue weighted by Gasteiger charge is 2.24. The van der Waals surface area contributed by atoms with Gasteiger partial charge in [-0.2, -0.15) is 0 Å². The van der Waals surface area contributed by atoms with Gasteiger partial charge in [0.25, 0.3) is 5.56 Å². The van der Waals surface area contributed by atoms with Crippen molar-refractivity contribution in [3.63, 3.8) is 0 Å². The number of nitrogens with zero attached hydrogens (tertiary/aromatic N) is 2. The number of amides is 2. The third-order valence-electron chi connectivity index (χ3n) is 5.08. The zero-order valence-corrected chi connectivity index (χ0v) is 18.8. The van der Waals surface area contributed by atoms with E-state index in [4.69, 9.17) is 4.74 Å². The van der Waals surface area contributed by atoms with Gasteiger partial charge >= 0.3 is 12.0 Å². The molecule has 0 unspecified atom stereocenters. The Morgan fingerprint density at radius 1 is 1.24 bits per heavy atom. The number of carbonyl (C=O) groups is 2. The fourth-order valence-corrected chi connectivity index (χ4v) is 4.36. The van der Waals surface area contributed by atoms with Crippen molar-refractivity contribution >= 4 is 34.7 Å². The van der Waals surface area contributed by atoms with Gasteiger partial charge in [0.1, 0.15) is 5.82 Å². The monoisotopic (exact) mass is 468 g/mol. The van der Waals surface area contributed by atoms with E-state index in [-0.39, 0.29) is 24.5 Å². The quantitative estimate of drug-likeness (QED) is 0.328. The van der Waals surface area contributed by atoms with E-state index in [1.807, 2.05) is 0 Å². The Morgan fingerprint density at radius 2 is 2.03 bits per heavy atom. The third kappa shape index (κ3) is 4.61. The molecule has 0 saturated carbocycles. The lowest BCUT2D eigenvalue weighted by atomic mass is 10.2. The van der Waals surface area contributed by atoms with Crippen molar-refractivity contribution in [2.24, 2.45) is 0 Å². The Balaban J connectivity index is 1.79. The van der Waals surface area contributed by atoms with Crippen LogP contribution < -0.4 is 16.2 Å². The highest BCUT2D eigenvalue weighted by molar-refractivity contribution is 7.99. The predicted octanol–water partition coefficient (Wildman–Crippen LogP) is 3.06. The number of esters is 1. The minimum Gasteiger partial charge on any atom is -0.463 e. The fraction of sp³-hybridized carbons (Fsp3) is 0.217. The summed E-state index contributed by atoms with van der Waals surface area (Å²) in [6.07, 6.45) is 0. The van der Waals surface area contributed by atoms with Crippen LogP contribution in [0, 0.1) is 12.7 Å². The van der Waals surface area contributed by atoms with E-state index in [1.165, 1.54) is 10.6 Å². The fourth-order valence-electron chi connectivity index (χ4n) is 3.36. The zero-order valence-electron chi connectivity index (χ0n) is 18.0. The maximum Gasteiger partial charge on any atom is 0.337 e. The van der Waals surface area contributed by atoms with Crippen molar-refractivity contribution in [2.75, 3.05) is 18.9 Å². The summed E-state index contributed by atoms with van der Waals surface area (Å²) in [5.41, 5.74) is 1.59. The molecule has 0 saturated heterocycles. The van der Waals surface area contributed by atoms with E-state index in [0.717, 1.165) is 11.8 Å². The number of ether oxygens (including phenoxy) is 1. The van der Waals surface area contributed by atoms with Crippen LogP contribution in [0.25, 0.3) is 16.6 Å². The maximum atomic E-state index is 14.3. The Hall–Kier alpha value is -3.66. The van der Waals surface area contributed by atoms with E-state index >= 15 is 0 Å². The molecule has 3 aromatic rings. The van der Waals surface area contributed by atoms with E-state index in [0.29, 0.717) is 38.6 Å². The Bertz CT molecular complexity index is 1350. The molecule has 2 aromatic carbocycles. The molecule has 0 radical (unpaired) electrons. The molecular weight excluding hydrogens is 447 g/mol. The summed E-state index contributed by atoms with van der Waals surface area (Å²) in [5.74, 6) is -0.841. The molecule has 0 bridgehead atoms. The highest BCUT2D eigenvalue weighted by Crippen LogP contribution is 2.25. The molecule has 10 heteroatoms. The number of para-hydroxylation sites is 1. The largest absolute Gasteiger partial charge is 0.463 e. The molecule has 1 aliphatic heterocycles. The topological polar surface area (TPSA) is 102 Å². The first-order valence-corrected chi connectivity index (χ1v) is 11.2. The van der Waals surface area contributed by atoms with Gasteiger partial charge in [-0.05, 0) is 43.7 Å². The summed E-state index contributed by atoms with van der Waals surface area (Å²) >= 11 is 1.15. The van der Waals surface area contributed by atoms with Crippen LogP contribution in [-0.4, -0.2) is 40.5 Å². The third-order valence-corrected chi connectivity index (χ3v) is 6.05. The number of hydrogen-bond donors (Lipinski definition) is 2. The Kier molecular flexibility index (Phi) is 6.45. The minimum absolute atomic E-state index is 0.0295. The van der Waals surface area contributed by atoms with Gasteiger partial charge in [0.05, 0.1) is 35.3 Å². The summed E-state index contributed by atoms with van der Waals surface area (Å²) in [6.45, 7) is 3.56. The van der Waals surface area contributed by atoms with Crippen LogP contribution in [0.2, 0.25) is 0 Å². The van der Waals surface area contributed by atoms with E-state index < -0.39 is 17.8 Å². The molecule has 8 nitrogen and oxygen atoms in total. The number of nitrogens with one attached hydrogen (secondary N) is 2. The van der Waals surface area contributed by atoms with Crippen LogP contribution in [0.1, 0.15) is 12.5 Å². The van der Waals surface area contributed by atoms with Gasteiger partial charge < -0.3 is 15.4 Å². The average Bonchev–Trinajstić information content (AvgIpc) is 2.80. The summed E-state index contributed by atoms with van der Waals surface area (Å²) < 4.78 is 20.7. The number of thioether (sulfide) groups is 1. The number of rotatable bonds is 6. The summed E-state index contributed by atoms with van der Waals surface area (Å²) in [5, 5.41) is 5.88. The van der Waals surface area contributed by atoms with Gasteiger partial charge in [-0.3, -0.25) is 9.36 Å². The first-order chi connectivity index (χ1) is 15.9. The van der Waals surface area contributed by atoms with Gasteiger partial charge in [0.15, 0.2) is 5.16 Å². The van der Waals surface area contributed by atoms with Crippen molar-refractivity contribution in [1.29, 1.82) is 0 Å². The maximum absolute atomic E-state index is 14.3. The van der Waals surface area contributed by atoms with Gasteiger partial charge in [-0.25, -0.2) is 19.0 Å². The zero-order chi connectivity index (χ0) is 23.5. The SMILES string of the molecule is CCOC(=O)C1=C(CSc2nc3ccccc3c(=O)n2-c2ccc(C)c(F)c2)NC(=O)NC1. The smallest absolute Gasteiger partial charge is 0.337 e. The molecule has 2 amide bonds. The molecule has 0 atom stereocenters. The van der Waals surface area contributed by atoms with Crippen molar-refractivity contribution in [2.45, 2.75) is 19.0 Å². The molecule has 33 heavy (non-hydrogen) atoms. The first kappa shape index (κ1) is 22.5. The van der Waals surface area contributed by atoms with Crippen LogP contribution in [0.3, 0.4) is 0 Å². The predicted molar refractivity (Wildman–Crippen MR) is 123 cm³/mol. The van der Waals surface area contributed by atoms with Crippen LogP contribution in [-0.2, 0) is 9.53 Å². The molecule has 0 aliphatic carbocycles. The molecule has 1 aromatic heterocycles. The summed E-state index contributed by atoms with van der Waals surface area (Å²) in [7, 11) is 0. The average molecular weight is 469 g/mol. The number of benzene rings is 2. The molecule has 0 spiro atoms. The van der Waals surface area contributed by atoms with Gasteiger partial charge in [0, 0.05) is 11.4 Å². The van der Waals surface area contributed by atoms with Crippen LogP contribution in [0.15, 0.2) is 63.7 Å². The van der Waals surface area contributed by atoms with Gasteiger partial charge in [-0.15, -0.1) is 0 Å². The highest BCUT2D eigenvalue weighted by atomic mass is 32.2. The Morgan fingerprint density at radius 3 is 2.79 bits per heavy atom. The molecule has 1 aliphatic rings. The van der Waals surface area contributed by atoms with Gasteiger partial charge in [0.2, 0.25) is 0 Å². The minimum atomic E-state index is -0.537. The lowest BCUT2D eigenvalue weighted by molar-refractivity contribution is -0.138. The number of aryl methyl sites for hydroxylation is 1. The molecule has 4 rings (SSSR count). The lowest BCUT2D eigenvalue weighted by Gasteiger charge is -2.21. The number of hydrogen-bond acceptors (Lipinski definition) is 6. The first-order valence-electron chi connectivity index (χ1n) is 10.2. The molecule has 2 N–H and O–H groups in total. The van der Waals surface area contributed by atoms with Crippen molar-refractivity contribution in [1.82, 2.24) is 20.2 Å². The number of halogens is 1. The lowest BCUT2D eigenvalue weighted by Crippen LogP contribution is -2.44. The second-order valence-electron chi connectivity index (χ2n) is 7.26. The number of aromatic nitrogens is 2. The van der Waals surface area contributed by atoms with Crippen LogP contribution in [0.4, 0.5) is 9.18 Å². The molecular formula is C23H21FN4O4S. The van der Waals surface area contributed by atoms with Crippen molar-refractivity contribution < 1.29 is 18.7 Å². The Labute approximate surface area is 192 Å². The standard InChI is InChI=1S/C23H21FN4O4S/c1-3-32-21(30)16-11-25-22(31)26-19(16)12-33-23-27-18-7-5-4-6-15(18)20(29)28(23)14-9-8-13(2)17(24)10-14/h4-10H,3,11-12H2,1-2H3,(H2,25,26,31). The van der Waals surface area contributed by atoms with Crippen LogP contribution >= 0.6 is 11.8 Å². The number of carbonyl (C=O) groups excluding carboxylic acids is 2. The second-order valence-corrected chi connectivity index (χ2v) is 8.20. The second kappa shape index (κ2) is 9.45. The molecule has 170 valence electrons. The summed E-state index contributed by atoms with van der Waals surface area (Å²) in [4.78, 5) is 42.1. The normalized spacial score (nSPS) is 13.6. The molecule has 0 fully saturated rings. The number of urea groups is 1. The van der Waals surface area contributed by atoms with Crippen molar-refractivity contribution in [3.05, 3.63) is 75.5 Å². The van der Waals surface area contributed by atoms with E-state index in [9.17, 15) is 18.8 Å². The molecule has 2 heterocycles. The van der Waals surface area contributed by atoms with Crippen molar-refractivity contribution in [3.8, 4) is 5.69 Å². The van der Waals surface area contributed by atoms with Gasteiger partial charge in [-0.1, -0.05) is 30.0 Å². The van der Waals surface area contributed by atoms with Crippen LogP contribution in [0.5, 0.6) is 0 Å². The summed E-state index contributed by atoms with van der Waals surface area (Å²) in [6, 6.07) is 11.0. The van der Waals surface area contributed by atoms with E-state index in [2.05, 4.69) is 15.6 Å².